The van der Waals surface area contributed by atoms with E-state index in [9.17, 15) is 0 Å². The highest BCUT2D eigenvalue weighted by atomic mass is 16.5. The molecule has 0 saturated heterocycles. The quantitative estimate of drug-likeness (QED) is 0.239. The van der Waals surface area contributed by atoms with Crippen LogP contribution >= 0.6 is 0 Å². The number of aryl methyl sites for hydroxylation is 4. The van der Waals surface area contributed by atoms with Crippen LogP contribution in [-0.2, 0) is 5.41 Å². The minimum Gasteiger partial charge on any atom is -0.448 e. The molecule has 0 spiro atoms. The van der Waals surface area contributed by atoms with Crippen molar-refractivity contribution in [2.24, 2.45) is 0 Å². The van der Waals surface area contributed by atoms with E-state index < -0.39 is 0 Å². The normalized spacial score (nSPS) is 13.0. The first-order chi connectivity index (χ1) is 17.1. The minimum atomic E-state index is 0.0623. The average molecular weight is 474 g/mol. The molecular weight excluding hydrogens is 442 g/mol. The van der Waals surface area contributed by atoms with E-state index in [-0.39, 0.29) is 5.41 Å². The Bertz CT molecular complexity index is 1580. The number of nitrogens with zero attached hydrogens (tertiary/aromatic N) is 3. The van der Waals surface area contributed by atoms with Crippen LogP contribution in [-0.4, -0.2) is 9.97 Å². The predicted molar refractivity (Wildman–Crippen MR) is 149 cm³/mol. The third-order valence-electron chi connectivity index (χ3n) is 7.38. The Kier molecular flexibility index (Phi) is 4.88. The molecule has 36 heavy (non-hydrogen) atoms. The molecule has 0 radical (unpaired) electrons. The van der Waals surface area contributed by atoms with Crippen LogP contribution in [0.2, 0.25) is 0 Å². The van der Waals surface area contributed by atoms with Gasteiger partial charge in [-0.1, -0.05) is 69.3 Å². The van der Waals surface area contributed by atoms with Crippen molar-refractivity contribution in [2.45, 2.75) is 53.9 Å². The maximum absolute atomic E-state index is 6.76. The third-order valence-corrected chi connectivity index (χ3v) is 7.38. The lowest BCUT2D eigenvalue weighted by atomic mass is 9.84. The molecule has 4 nitrogen and oxygen atoms in total. The fourth-order valence-corrected chi connectivity index (χ4v) is 5.39. The van der Waals surface area contributed by atoms with Crippen molar-refractivity contribution in [3.8, 4) is 11.5 Å². The van der Waals surface area contributed by atoms with E-state index in [4.69, 9.17) is 14.7 Å². The first kappa shape index (κ1) is 22.5. The Hall–Kier alpha value is -3.92. The van der Waals surface area contributed by atoms with Crippen LogP contribution in [0, 0.1) is 27.7 Å². The van der Waals surface area contributed by atoms with Crippen molar-refractivity contribution in [3.05, 3.63) is 88.7 Å². The summed E-state index contributed by atoms with van der Waals surface area (Å²) < 4.78 is 6.76. The Morgan fingerprint density at radius 3 is 1.56 bits per heavy atom. The Balaban J connectivity index is 1.71. The van der Waals surface area contributed by atoms with E-state index in [1.54, 1.807) is 0 Å². The van der Waals surface area contributed by atoms with Gasteiger partial charge in [-0.3, -0.25) is 4.90 Å². The summed E-state index contributed by atoms with van der Waals surface area (Å²) in [5, 5.41) is 4.31. The molecule has 0 unspecified atom stereocenters. The largest absolute Gasteiger partial charge is 0.448 e. The summed E-state index contributed by atoms with van der Waals surface area (Å²) in [4.78, 5) is 12.2. The van der Waals surface area contributed by atoms with E-state index in [2.05, 4.69) is 102 Å². The van der Waals surface area contributed by atoms with Crippen molar-refractivity contribution in [2.75, 3.05) is 4.90 Å². The number of hydrogen-bond donors (Lipinski definition) is 0. The van der Waals surface area contributed by atoms with Crippen LogP contribution in [0.3, 0.4) is 0 Å². The van der Waals surface area contributed by atoms with Gasteiger partial charge in [0.25, 0.3) is 0 Å². The molecule has 3 heterocycles. The standard InChI is InChI=1S/C32H31N3O/c1-18-10-8-12-23-25(18)16-33-30-28(23)36-29-24-13-9-11-19(2)26(24)17-34-31(29)35(30)27-20(3)14-22(15-21(27)4)32(5,6)7/h8-17H,1-7H3. The third kappa shape index (κ3) is 3.28. The molecule has 0 aliphatic carbocycles. The molecule has 2 aromatic heterocycles. The molecule has 0 amide bonds. The molecule has 3 aromatic carbocycles. The Labute approximate surface area is 212 Å². The zero-order valence-electron chi connectivity index (χ0n) is 22.0. The highest BCUT2D eigenvalue weighted by Gasteiger charge is 2.33. The SMILES string of the molecule is Cc1cc(C(C)(C)C)cc(C)c1N1c2ncc3c(C)cccc3c2Oc2c1ncc1c(C)cccc21. The molecule has 1 aliphatic heterocycles. The fraction of sp³-hybridized carbons (Fsp3) is 0.250. The van der Waals surface area contributed by atoms with Crippen molar-refractivity contribution in [1.29, 1.82) is 0 Å². The Morgan fingerprint density at radius 1 is 0.639 bits per heavy atom. The van der Waals surface area contributed by atoms with Crippen LogP contribution in [0.5, 0.6) is 11.5 Å². The summed E-state index contributed by atoms with van der Waals surface area (Å²) >= 11 is 0. The van der Waals surface area contributed by atoms with Gasteiger partial charge >= 0.3 is 0 Å². The Morgan fingerprint density at radius 2 is 1.11 bits per heavy atom. The van der Waals surface area contributed by atoms with Crippen molar-refractivity contribution in [1.82, 2.24) is 9.97 Å². The van der Waals surface area contributed by atoms with Gasteiger partial charge in [0, 0.05) is 33.9 Å². The summed E-state index contributed by atoms with van der Waals surface area (Å²) in [6, 6.07) is 17.2. The van der Waals surface area contributed by atoms with Crippen LogP contribution in [0.25, 0.3) is 21.5 Å². The molecule has 0 bridgehead atoms. The number of rotatable bonds is 1. The molecule has 1 aliphatic rings. The van der Waals surface area contributed by atoms with Gasteiger partial charge in [-0.15, -0.1) is 0 Å². The van der Waals surface area contributed by atoms with Crippen molar-refractivity contribution < 1.29 is 4.74 Å². The lowest BCUT2D eigenvalue weighted by Gasteiger charge is -2.34. The number of hydrogen-bond acceptors (Lipinski definition) is 4. The highest BCUT2D eigenvalue weighted by molar-refractivity contribution is 6.03. The molecule has 0 saturated carbocycles. The van der Waals surface area contributed by atoms with E-state index >= 15 is 0 Å². The topological polar surface area (TPSA) is 38.2 Å². The van der Waals surface area contributed by atoms with Crippen molar-refractivity contribution in [3.63, 3.8) is 0 Å². The first-order valence-corrected chi connectivity index (χ1v) is 12.5. The van der Waals surface area contributed by atoms with E-state index in [0.29, 0.717) is 0 Å². The zero-order valence-corrected chi connectivity index (χ0v) is 22.0. The van der Waals surface area contributed by atoms with Crippen molar-refractivity contribution >= 4 is 38.9 Å². The number of benzene rings is 3. The van der Waals surface area contributed by atoms with E-state index in [1.165, 1.54) is 27.8 Å². The first-order valence-electron chi connectivity index (χ1n) is 12.5. The van der Waals surface area contributed by atoms with Gasteiger partial charge in [0.1, 0.15) is 0 Å². The van der Waals surface area contributed by atoms with Gasteiger partial charge in [-0.05, 0) is 60.9 Å². The van der Waals surface area contributed by atoms with Crippen LogP contribution in [0.1, 0.15) is 48.6 Å². The van der Waals surface area contributed by atoms with Gasteiger partial charge in [0.15, 0.2) is 23.1 Å². The number of ether oxygens (including phenoxy) is 1. The maximum atomic E-state index is 6.76. The maximum Gasteiger partial charge on any atom is 0.183 e. The zero-order chi connectivity index (χ0) is 25.4. The molecule has 0 fully saturated rings. The van der Waals surface area contributed by atoms with E-state index in [0.717, 1.165) is 50.4 Å². The molecule has 0 N–H and O–H groups in total. The average Bonchev–Trinajstić information content (AvgIpc) is 2.83. The molecule has 5 aromatic rings. The summed E-state index contributed by atoms with van der Waals surface area (Å²) in [6.07, 6.45) is 3.93. The molecule has 6 rings (SSSR count). The molecular formula is C32H31N3O. The second-order valence-corrected chi connectivity index (χ2v) is 11.0. The summed E-state index contributed by atoms with van der Waals surface area (Å²) in [7, 11) is 0. The number of fused-ring (bicyclic) bond motifs is 6. The second-order valence-electron chi connectivity index (χ2n) is 11.0. The van der Waals surface area contributed by atoms with Gasteiger partial charge in [-0.25, -0.2) is 9.97 Å². The van der Waals surface area contributed by atoms with Crippen LogP contribution < -0.4 is 9.64 Å². The second kappa shape index (κ2) is 7.79. The highest BCUT2D eigenvalue weighted by Crippen LogP contribution is 2.54. The number of anilines is 3. The number of pyridine rings is 2. The summed E-state index contributed by atoms with van der Waals surface area (Å²) in [6.45, 7) is 15.4. The molecule has 0 atom stereocenters. The van der Waals surface area contributed by atoms with Gasteiger partial charge in [0.05, 0.1) is 5.69 Å². The van der Waals surface area contributed by atoms with Gasteiger partial charge < -0.3 is 4.74 Å². The monoisotopic (exact) mass is 473 g/mol. The van der Waals surface area contributed by atoms with Gasteiger partial charge in [0.2, 0.25) is 0 Å². The fourth-order valence-electron chi connectivity index (χ4n) is 5.39. The molecule has 180 valence electrons. The lowest BCUT2D eigenvalue weighted by Crippen LogP contribution is -2.21. The van der Waals surface area contributed by atoms with Crippen LogP contribution in [0.4, 0.5) is 17.3 Å². The van der Waals surface area contributed by atoms with Crippen LogP contribution in [0.15, 0.2) is 60.9 Å². The summed E-state index contributed by atoms with van der Waals surface area (Å²) in [5.74, 6) is 3.10. The smallest absolute Gasteiger partial charge is 0.183 e. The predicted octanol–water partition coefficient (Wildman–Crippen LogP) is 8.89. The lowest BCUT2D eigenvalue weighted by molar-refractivity contribution is 0.482. The number of aromatic nitrogens is 2. The minimum absolute atomic E-state index is 0.0623. The van der Waals surface area contributed by atoms with Gasteiger partial charge in [-0.2, -0.15) is 0 Å². The van der Waals surface area contributed by atoms with E-state index in [1.807, 2.05) is 12.4 Å². The molecule has 4 heteroatoms. The summed E-state index contributed by atoms with van der Waals surface area (Å²) in [5.41, 5.74) is 7.22.